The molecule has 0 fully saturated rings. The summed E-state index contributed by atoms with van der Waals surface area (Å²) in [6, 6.07) is 15.1. The molecular weight excluding hydrogens is 342 g/mol. The number of nitrogens with one attached hydrogen (secondary N) is 1. The summed E-state index contributed by atoms with van der Waals surface area (Å²) < 4.78 is 11.4. The highest BCUT2D eigenvalue weighted by Crippen LogP contribution is 2.30. The Morgan fingerprint density at radius 2 is 1.78 bits per heavy atom. The van der Waals surface area contributed by atoms with Crippen molar-refractivity contribution in [2.45, 2.75) is 38.7 Å². The van der Waals surface area contributed by atoms with Gasteiger partial charge in [0.15, 0.2) is 17.3 Å². The van der Waals surface area contributed by atoms with Crippen molar-refractivity contribution in [2.24, 2.45) is 0 Å². The second-order valence-electron chi connectivity index (χ2n) is 6.67. The van der Waals surface area contributed by atoms with Crippen LogP contribution >= 0.6 is 0 Å². The minimum Gasteiger partial charge on any atom is -0.486 e. The van der Waals surface area contributed by atoms with Crippen LogP contribution in [0.15, 0.2) is 48.5 Å². The van der Waals surface area contributed by atoms with Crippen molar-refractivity contribution in [3.63, 3.8) is 0 Å². The number of ketones is 1. The maximum absolute atomic E-state index is 12.2. The molecule has 1 amide bonds. The van der Waals surface area contributed by atoms with Crippen LogP contribution in [0.3, 0.4) is 0 Å². The van der Waals surface area contributed by atoms with Crippen molar-refractivity contribution in [2.75, 3.05) is 13.2 Å². The van der Waals surface area contributed by atoms with Gasteiger partial charge in [0.1, 0.15) is 12.7 Å². The van der Waals surface area contributed by atoms with E-state index in [0.29, 0.717) is 24.5 Å². The highest BCUT2D eigenvalue weighted by Gasteiger charge is 2.21. The highest BCUT2D eigenvalue weighted by molar-refractivity contribution is 5.97. The number of fused-ring (bicyclic) bond motifs is 1. The first kappa shape index (κ1) is 19.0. The number of amides is 1. The summed E-state index contributed by atoms with van der Waals surface area (Å²) in [5.74, 6) is 1.23. The van der Waals surface area contributed by atoms with E-state index in [0.717, 1.165) is 18.6 Å². The number of Topliss-reactive ketones (excluding diaryl/α,β-unsaturated/α-hetero) is 1. The van der Waals surface area contributed by atoms with Crippen LogP contribution in [0.5, 0.6) is 11.5 Å². The molecule has 1 unspecified atom stereocenters. The number of aryl methyl sites for hydroxylation is 1. The van der Waals surface area contributed by atoms with E-state index in [1.54, 1.807) is 0 Å². The number of benzene rings is 2. The second kappa shape index (κ2) is 9.21. The molecule has 1 aliphatic rings. The lowest BCUT2D eigenvalue weighted by atomic mass is 10.0. The summed E-state index contributed by atoms with van der Waals surface area (Å²) >= 11 is 0. The molecule has 0 aliphatic carbocycles. The lowest BCUT2D eigenvalue weighted by Gasteiger charge is -2.26. The van der Waals surface area contributed by atoms with Gasteiger partial charge in [0.05, 0.1) is 6.54 Å². The number of para-hydroxylation sites is 2. The van der Waals surface area contributed by atoms with Crippen LogP contribution in [0.1, 0.15) is 42.1 Å². The Morgan fingerprint density at radius 3 is 2.52 bits per heavy atom. The molecule has 0 saturated heterocycles. The third-order valence-electron chi connectivity index (χ3n) is 4.49. The lowest BCUT2D eigenvalue weighted by Crippen LogP contribution is -2.40. The fraction of sp³-hybridized carbons (Fsp3) is 0.364. The zero-order chi connectivity index (χ0) is 19.1. The van der Waals surface area contributed by atoms with Crippen LogP contribution in [-0.4, -0.2) is 30.9 Å². The smallest absolute Gasteiger partial charge is 0.220 e. The fourth-order valence-electron chi connectivity index (χ4n) is 3.00. The predicted octanol–water partition coefficient (Wildman–Crippen LogP) is 3.56. The van der Waals surface area contributed by atoms with Gasteiger partial charge in [-0.2, -0.15) is 0 Å². The van der Waals surface area contributed by atoms with Crippen LogP contribution < -0.4 is 14.8 Å². The van der Waals surface area contributed by atoms with Crippen molar-refractivity contribution in [3.8, 4) is 11.5 Å². The van der Waals surface area contributed by atoms with E-state index < -0.39 is 0 Å². The van der Waals surface area contributed by atoms with E-state index in [9.17, 15) is 9.59 Å². The van der Waals surface area contributed by atoms with Gasteiger partial charge < -0.3 is 14.8 Å². The largest absolute Gasteiger partial charge is 0.486 e. The molecule has 2 aromatic rings. The fourth-order valence-corrected chi connectivity index (χ4v) is 3.00. The first-order chi connectivity index (χ1) is 13.2. The third-order valence-corrected chi connectivity index (χ3v) is 4.49. The maximum atomic E-state index is 12.2. The predicted molar refractivity (Wildman–Crippen MR) is 103 cm³/mol. The minimum absolute atomic E-state index is 0.0145. The third kappa shape index (κ3) is 5.33. The zero-order valence-electron chi connectivity index (χ0n) is 15.6. The molecule has 1 atom stereocenters. The van der Waals surface area contributed by atoms with E-state index in [1.807, 2.05) is 48.5 Å². The van der Waals surface area contributed by atoms with Gasteiger partial charge in [-0.05, 0) is 24.1 Å². The normalized spacial score (nSPS) is 15.2. The van der Waals surface area contributed by atoms with E-state index in [-0.39, 0.29) is 30.6 Å². The molecule has 0 saturated carbocycles. The SMILES string of the molecule is CCCc1ccc(C(=O)CCC(=O)NCC2COc3ccccc3O2)cc1. The molecule has 0 spiro atoms. The van der Waals surface area contributed by atoms with Crippen molar-refractivity contribution in [3.05, 3.63) is 59.7 Å². The van der Waals surface area contributed by atoms with Gasteiger partial charge in [0.2, 0.25) is 5.91 Å². The van der Waals surface area contributed by atoms with Gasteiger partial charge in [-0.25, -0.2) is 0 Å². The molecule has 3 rings (SSSR count). The van der Waals surface area contributed by atoms with Crippen LogP contribution in [-0.2, 0) is 11.2 Å². The number of hydrogen-bond acceptors (Lipinski definition) is 4. The van der Waals surface area contributed by atoms with Gasteiger partial charge in [-0.15, -0.1) is 0 Å². The van der Waals surface area contributed by atoms with Gasteiger partial charge >= 0.3 is 0 Å². The summed E-state index contributed by atoms with van der Waals surface area (Å²) in [6.45, 7) is 2.87. The Kier molecular flexibility index (Phi) is 6.47. The molecule has 1 aliphatic heterocycles. The average Bonchev–Trinajstić information content (AvgIpc) is 2.71. The number of ether oxygens (including phenoxy) is 2. The first-order valence-electron chi connectivity index (χ1n) is 9.43. The molecule has 5 heteroatoms. The summed E-state index contributed by atoms with van der Waals surface area (Å²) in [4.78, 5) is 24.3. The zero-order valence-corrected chi connectivity index (χ0v) is 15.6. The maximum Gasteiger partial charge on any atom is 0.220 e. The summed E-state index contributed by atoms with van der Waals surface area (Å²) in [5, 5.41) is 2.82. The van der Waals surface area contributed by atoms with Crippen molar-refractivity contribution in [1.29, 1.82) is 0 Å². The number of hydrogen-bond donors (Lipinski definition) is 1. The van der Waals surface area contributed by atoms with E-state index in [2.05, 4.69) is 12.2 Å². The molecule has 27 heavy (non-hydrogen) atoms. The Balaban J connectivity index is 1.40. The summed E-state index contributed by atoms with van der Waals surface area (Å²) in [7, 11) is 0. The molecule has 0 radical (unpaired) electrons. The molecule has 1 heterocycles. The second-order valence-corrected chi connectivity index (χ2v) is 6.67. The highest BCUT2D eigenvalue weighted by atomic mass is 16.6. The summed E-state index contributed by atoms with van der Waals surface area (Å²) in [5.41, 5.74) is 1.88. The van der Waals surface area contributed by atoms with Gasteiger partial charge in [0, 0.05) is 18.4 Å². The standard InChI is InChI=1S/C22H25NO4/c1-2-5-16-8-10-17(11-9-16)19(24)12-13-22(25)23-14-18-15-26-20-6-3-4-7-21(20)27-18/h3-4,6-11,18H,2,5,12-15H2,1H3,(H,23,25). The van der Waals surface area contributed by atoms with Gasteiger partial charge in [0.25, 0.3) is 0 Å². The minimum atomic E-state index is -0.231. The van der Waals surface area contributed by atoms with E-state index in [1.165, 1.54) is 5.56 Å². The van der Waals surface area contributed by atoms with Crippen molar-refractivity contribution in [1.82, 2.24) is 5.32 Å². The van der Waals surface area contributed by atoms with Crippen LogP contribution in [0, 0.1) is 0 Å². The summed E-state index contributed by atoms with van der Waals surface area (Å²) in [6.07, 6.45) is 2.22. The number of carbonyl (C=O) groups is 2. The molecule has 2 aromatic carbocycles. The Bertz CT molecular complexity index is 785. The van der Waals surface area contributed by atoms with Crippen molar-refractivity contribution < 1.29 is 19.1 Å². The molecular formula is C22H25NO4. The quantitative estimate of drug-likeness (QED) is 0.725. The first-order valence-corrected chi connectivity index (χ1v) is 9.43. The molecule has 0 aromatic heterocycles. The molecule has 1 N–H and O–H groups in total. The van der Waals surface area contributed by atoms with Gasteiger partial charge in [-0.1, -0.05) is 49.7 Å². The average molecular weight is 367 g/mol. The van der Waals surface area contributed by atoms with Crippen molar-refractivity contribution >= 4 is 11.7 Å². The molecule has 0 bridgehead atoms. The van der Waals surface area contributed by atoms with Crippen LogP contribution in [0.25, 0.3) is 0 Å². The van der Waals surface area contributed by atoms with E-state index in [4.69, 9.17) is 9.47 Å². The Labute approximate surface area is 159 Å². The molecule has 142 valence electrons. The number of carbonyl (C=O) groups excluding carboxylic acids is 2. The van der Waals surface area contributed by atoms with Crippen LogP contribution in [0.4, 0.5) is 0 Å². The van der Waals surface area contributed by atoms with Crippen LogP contribution in [0.2, 0.25) is 0 Å². The topological polar surface area (TPSA) is 64.6 Å². The monoisotopic (exact) mass is 367 g/mol. The van der Waals surface area contributed by atoms with Gasteiger partial charge in [-0.3, -0.25) is 9.59 Å². The Hall–Kier alpha value is -2.82. The number of rotatable bonds is 8. The Morgan fingerprint density at radius 1 is 1.04 bits per heavy atom. The molecule has 5 nitrogen and oxygen atoms in total. The van der Waals surface area contributed by atoms with E-state index >= 15 is 0 Å². The lowest BCUT2D eigenvalue weighted by molar-refractivity contribution is -0.121.